The lowest BCUT2D eigenvalue weighted by Crippen LogP contribution is -2.51. The molecule has 1 heterocycles. The van der Waals surface area contributed by atoms with Crippen LogP contribution in [0.2, 0.25) is 5.02 Å². The van der Waals surface area contributed by atoms with Gasteiger partial charge in [-0.3, -0.25) is 9.59 Å². The molecule has 0 bridgehead atoms. The highest BCUT2D eigenvalue weighted by Gasteiger charge is 2.35. The van der Waals surface area contributed by atoms with Gasteiger partial charge in [-0.05, 0) is 54.4 Å². The molecule has 2 amide bonds. The van der Waals surface area contributed by atoms with Crippen LogP contribution in [0.5, 0.6) is 11.5 Å². The second-order valence-electron chi connectivity index (χ2n) is 8.45. The first kappa shape index (κ1) is 25.4. The van der Waals surface area contributed by atoms with Gasteiger partial charge in [-0.25, -0.2) is 8.78 Å². The van der Waals surface area contributed by atoms with Crippen LogP contribution >= 0.6 is 11.6 Å². The van der Waals surface area contributed by atoms with Crippen LogP contribution in [0.15, 0.2) is 60.7 Å². The molecule has 0 spiro atoms. The molecule has 188 valence electrons. The number of rotatable bonds is 6. The highest BCUT2D eigenvalue weighted by molar-refractivity contribution is 6.33. The van der Waals surface area contributed by atoms with Crippen LogP contribution in [0.3, 0.4) is 0 Å². The molecule has 1 saturated heterocycles. The Bertz CT molecular complexity index is 1290. The van der Waals surface area contributed by atoms with Gasteiger partial charge in [0.2, 0.25) is 0 Å². The average molecular weight is 515 g/mol. The third-order valence-electron chi connectivity index (χ3n) is 6.34. The maximum Gasteiger partial charge on any atom is 0.254 e. The van der Waals surface area contributed by atoms with E-state index in [1.165, 1.54) is 20.3 Å². The lowest BCUT2D eigenvalue weighted by atomic mass is 9.85. The number of nitrogens with zero attached hydrogens (tertiary/aromatic N) is 1. The fourth-order valence-electron chi connectivity index (χ4n) is 4.43. The minimum atomic E-state index is -0.993. The zero-order valence-electron chi connectivity index (χ0n) is 19.8. The zero-order valence-corrected chi connectivity index (χ0v) is 20.5. The van der Waals surface area contributed by atoms with E-state index in [4.69, 9.17) is 21.1 Å². The summed E-state index contributed by atoms with van der Waals surface area (Å²) in [5.41, 5.74) is 1.19. The molecule has 1 aliphatic heterocycles. The summed E-state index contributed by atoms with van der Waals surface area (Å²) in [6, 6.07) is 14.7. The van der Waals surface area contributed by atoms with E-state index in [0.717, 1.165) is 12.1 Å². The summed E-state index contributed by atoms with van der Waals surface area (Å²) in [4.78, 5) is 27.9. The van der Waals surface area contributed by atoms with Crippen molar-refractivity contribution in [2.75, 3.05) is 27.3 Å². The van der Waals surface area contributed by atoms with E-state index in [9.17, 15) is 18.4 Å². The van der Waals surface area contributed by atoms with Crippen molar-refractivity contribution in [3.05, 3.63) is 94.0 Å². The lowest BCUT2D eigenvalue weighted by Gasteiger charge is -2.39. The third kappa shape index (κ3) is 5.28. The Balaban J connectivity index is 1.61. The fourth-order valence-corrected chi connectivity index (χ4v) is 4.65. The molecule has 9 heteroatoms. The Morgan fingerprint density at radius 2 is 1.72 bits per heavy atom. The topological polar surface area (TPSA) is 67.9 Å². The van der Waals surface area contributed by atoms with E-state index in [1.807, 2.05) is 0 Å². The Morgan fingerprint density at radius 1 is 0.972 bits per heavy atom. The van der Waals surface area contributed by atoms with Gasteiger partial charge in [-0.15, -0.1) is 0 Å². The monoisotopic (exact) mass is 514 g/mol. The molecule has 0 saturated carbocycles. The maximum absolute atomic E-state index is 14.1. The Morgan fingerprint density at radius 3 is 2.42 bits per heavy atom. The molecule has 0 aliphatic carbocycles. The molecule has 1 N–H and O–H groups in total. The molecule has 36 heavy (non-hydrogen) atoms. The van der Waals surface area contributed by atoms with Crippen LogP contribution in [0.25, 0.3) is 0 Å². The second kappa shape index (κ2) is 11.0. The van der Waals surface area contributed by atoms with Crippen LogP contribution in [0.1, 0.15) is 38.6 Å². The van der Waals surface area contributed by atoms with Crippen LogP contribution in [-0.4, -0.2) is 50.1 Å². The molecule has 1 fully saturated rings. The molecular weight excluding hydrogens is 490 g/mol. The minimum Gasteiger partial charge on any atom is -0.493 e. The normalized spacial score (nSPS) is 17.4. The van der Waals surface area contributed by atoms with Crippen molar-refractivity contribution in [1.29, 1.82) is 0 Å². The molecule has 0 aromatic heterocycles. The van der Waals surface area contributed by atoms with Crippen LogP contribution in [-0.2, 0) is 0 Å². The van der Waals surface area contributed by atoms with Crippen LogP contribution < -0.4 is 14.8 Å². The highest BCUT2D eigenvalue weighted by Crippen LogP contribution is 2.32. The number of piperidine rings is 1. The number of carbonyl (C=O) groups is 2. The molecule has 3 aromatic carbocycles. The second-order valence-corrected chi connectivity index (χ2v) is 8.86. The summed E-state index contributed by atoms with van der Waals surface area (Å²) in [6.45, 7) is 0.534. The van der Waals surface area contributed by atoms with Crippen molar-refractivity contribution in [2.45, 2.75) is 18.4 Å². The average Bonchev–Trinajstić information content (AvgIpc) is 2.89. The van der Waals surface area contributed by atoms with Gasteiger partial charge in [0.25, 0.3) is 11.8 Å². The van der Waals surface area contributed by atoms with Gasteiger partial charge < -0.3 is 19.7 Å². The van der Waals surface area contributed by atoms with Crippen molar-refractivity contribution in [1.82, 2.24) is 10.2 Å². The molecular formula is C27H25ClF2N2O4. The molecule has 3 aromatic rings. The van der Waals surface area contributed by atoms with E-state index in [2.05, 4.69) is 5.32 Å². The molecule has 2 atom stereocenters. The van der Waals surface area contributed by atoms with Crippen molar-refractivity contribution in [3.8, 4) is 11.5 Å². The standard InChI is InChI=1S/C27H25ClF2N2O4/c1-35-24-10-8-17(14-25(24)36-2)27(34)32-12-11-23(31-26(33)18-5-3-4-6-20(18)28)19(15-32)16-7-9-21(29)22(30)13-16/h3-10,13-14,19,23H,11-12,15H2,1-2H3,(H,31,33)/t19-,23+/m1/s1. The SMILES string of the molecule is COc1ccc(C(=O)N2CC[C@H](NC(=O)c3ccccc3Cl)[C@@H](c3ccc(F)c(F)c3)C2)cc1OC. The summed E-state index contributed by atoms with van der Waals surface area (Å²) in [5, 5.41) is 3.28. The number of benzene rings is 3. The molecule has 4 rings (SSSR count). The van der Waals surface area contributed by atoms with Crippen LogP contribution in [0, 0.1) is 11.6 Å². The summed E-state index contributed by atoms with van der Waals surface area (Å²) >= 11 is 6.18. The maximum atomic E-state index is 14.1. The lowest BCUT2D eigenvalue weighted by molar-refractivity contribution is 0.0671. The van der Waals surface area contributed by atoms with E-state index < -0.39 is 23.6 Å². The van der Waals surface area contributed by atoms with Gasteiger partial charge in [-0.1, -0.05) is 29.8 Å². The number of methoxy groups -OCH3 is 2. The smallest absolute Gasteiger partial charge is 0.254 e. The summed E-state index contributed by atoms with van der Waals surface area (Å²) in [6.07, 6.45) is 0.402. The Kier molecular flexibility index (Phi) is 7.74. The Labute approximate surface area is 212 Å². The van der Waals surface area contributed by atoms with Gasteiger partial charge in [0.05, 0.1) is 24.8 Å². The molecule has 0 unspecified atom stereocenters. The largest absolute Gasteiger partial charge is 0.493 e. The summed E-state index contributed by atoms with van der Waals surface area (Å²) in [5.74, 6) is -2.16. The van der Waals surface area contributed by atoms with E-state index in [1.54, 1.807) is 47.4 Å². The van der Waals surface area contributed by atoms with Gasteiger partial charge in [0.1, 0.15) is 0 Å². The van der Waals surface area contributed by atoms with Gasteiger partial charge in [0, 0.05) is 30.6 Å². The molecule has 6 nitrogen and oxygen atoms in total. The highest BCUT2D eigenvalue weighted by atomic mass is 35.5. The van der Waals surface area contributed by atoms with E-state index >= 15 is 0 Å². The quantitative estimate of drug-likeness (QED) is 0.499. The first-order chi connectivity index (χ1) is 17.3. The van der Waals surface area contributed by atoms with E-state index in [0.29, 0.717) is 46.2 Å². The number of halogens is 3. The number of hydrogen-bond donors (Lipinski definition) is 1. The van der Waals surface area contributed by atoms with Crippen molar-refractivity contribution < 1.29 is 27.8 Å². The van der Waals surface area contributed by atoms with Crippen molar-refractivity contribution in [2.24, 2.45) is 0 Å². The van der Waals surface area contributed by atoms with Crippen molar-refractivity contribution >= 4 is 23.4 Å². The van der Waals surface area contributed by atoms with Gasteiger partial charge in [-0.2, -0.15) is 0 Å². The number of ether oxygens (including phenoxy) is 2. The Hall–Kier alpha value is -3.65. The third-order valence-corrected chi connectivity index (χ3v) is 6.67. The minimum absolute atomic E-state index is 0.186. The number of likely N-dealkylation sites (tertiary alicyclic amines) is 1. The number of carbonyl (C=O) groups excluding carboxylic acids is 2. The summed E-state index contributed by atoms with van der Waals surface area (Å²) < 4.78 is 38.3. The molecule has 0 radical (unpaired) electrons. The predicted molar refractivity (Wildman–Crippen MR) is 132 cm³/mol. The summed E-state index contributed by atoms with van der Waals surface area (Å²) in [7, 11) is 2.99. The zero-order chi connectivity index (χ0) is 25.8. The van der Waals surface area contributed by atoms with Gasteiger partial charge >= 0.3 is 0 Å². The number of amides is 2. The first-order valence-electron chi connectivity index (χ1n) is 11.3. The number of nitrogens with one attached hydrogen (secondary N) is 1. The van der Waals surface area contributed by atoms with Crippen molar-refractivity contribution in [3.63, 3.8) is 0 Å². The molecule has 1 aliphatic rings. The van der Waals surface area contributed by atoms with Gasteiger partial charge in [0.15, 0.2) is 23.1 Å². The van der Waals surface area contributed by atoms with E-state index in [-0.39, 0.29) is 18.4 Å². The first-order valence-corrected chi connectivity index (χ1v) is 11.7. The number of hydrogen-bond acceptors (Lipinski definition) is 4. The fraction of sp³-hybridized carbons (Fsp3) is 0.259. The van der Waals surface area contributed by atoms with Crippen LogP contribution in [0.4, 0.5) is 8.78 Å². The predicted octanol–water partition coefficient (Wildman–Crippen LogP) is 5.06.